The average Bonchev–Trinajstić information content (AvgIpc) is 2.36. The largest absolute Gasteiger partial charge is 0.342 e. The Balaban J connectivity index is 1.72. The van der Waals surface area contributed by atoms with Gasteiger partial charge in [0.05, 0.1) is 6.07 Å². The number of carbonyl (C=O) groups excluding carboxylic acids is 1. The molecule has 4 saturated carbocycles. The van der Waals surface area contributed by atoms with Crippen LogP contribution in [-0.4, -0.2) is 23.9 Å². The van der Waals surface area contributed by atoms with Crippen molar-refractivity contribution in [2.75, 3.05) is 7.05 Å². The van der Waals surface area contributed by atoms with E-state index in [0.717, 1.165) is 23.7 Å². The molecule has 3 heteroatoms. The number of rotatable bonds is 3. The third-order valence-corrected chi connectivity index (χ3v) is 6.09. The Morgan fingerprint density at radius 3 is 2.21 bits per heavy atom. The number of carbonyl (C=O) groups is 1. The van der Waals surface area contributed by atoms with Crippen molar-refractivity contribution in [3.8, 4) is 6.07 Å². The SMILES string of the molecule is CC(C1C2CC3CC(C2)CC1C3)N(C)C(=O)CC#N. The molecule has 0 aromatic carbocycles. The minimum atomic E-state index is -0.0104. The van der Waals surface area contributed by atoms with Gasteiger partial charge in [0.1, 0.15) is 6.42 Å². The summed E-state index contributed by atoms with van der Waals surface area (Å²) in [4.78, 5) is 13.8. The fourth-order valence-corrected chi connectivity index (χ4v) is 5.43. The van der Waals surface area contributed by atoms with Crippen LogP contribution in [0.4, 0.5) is 0 Å². The lowest BCUT2D eigenvalue weighted by atomic mass is 9.50. The maximum atomic E-state index is 11.9. The van der Waals surface area contributed by atoms with Crippen molar-refractivity contribution < 1.29 is 4.79 Å². The second-order valence-corrected chi connectivity index (χ2v) is 7.09. The van der Waals surface area contributed by atoms with E-state index in [0.29, 0.717) is 12.0 Å². The molecular weight excluding hydrogens is 236 g/mol. The number of hydrogen-bond donors (Lipinski definition) is 0. The van der Waals surface area contributed by atoms with Gasteiger partial charge in [0.15, 0.2) is 0 Å². The summed E-state index contributed by atoms with van der Waals surface area (Å²) in [5.41, 5.74) is 0. The van der Waals surface area contributed by atoms with E-state index in [2.05, 4.69) is 6.92 Å². The zero-order valence-electron chi connectivity index (χ0n) is 12.0. The van der Waals surface area contributed by atoms with Crippen molar-refractivity contribution >= 4 is 5.91 Å². The van der Waals surface area contributed by atoms with Crippen molar-refractivity contribution in [2.24, 2.45) is 29.6 Å². The number of nitriles is 1. The number of amides is 1. The average molecular weight is 260 g/mol. The Kier molecular flexibility index (Phi) is 3.28. The van der Waals surface area contributed by atoms with Gasteiger partial charge in [0.2, 0.25) is 5.91 Å². The molecule has 0 N–H and O–H groups in total. The van der Waals surface area contributed by atoms with Crippen LogP contribution in [-0.2, 0) is 4.79 Å². The van der Waals surface area contributed by atoms with E-state index in [1.54, 1.807) is 0 Å². The predicted molar refractivity (Wildman–Crippen MR) is 73.0 cm³/mol. The Labute approximate surface area is 116 Å². The minimum absolute atomic E-state index is 0.0104. The molecule has 1 unspecified atom stereocenters. The molecular formula is C16H24N2O. The molecule has 104 valence electrons. The highest BCUT2D eigenvalue weighted by molar-refractivity contribution is 5.78. The van der Waals surface area contributed by atoms with Gasteiger partial charge in [-0.05, 0) is 68.6 Å². The first-order chi connectivity index (χ1) is 9.10. The first-order valence-electron chi connectivity index (χ1n) is 7.72. The summed E-state index contributed by atoms with van der Waals surface area (Å²) in [6, 6.07) is 2.28. The van der Waals surface area contributed by atoms with Gasteiger partial charge in [0, 0.05) is 13.1 Å². The van der Waals surface area contributed by atoms with Crippen molar-refractivity contribution in [1.29, 1.82) is 5.26 Å². The molecule has 0 aromatic heterocycles. The van der Waals surface area contributed by atoms with Crippen molar-refractivity contribution in [3.63, 3.8) is 0 Å². The van der Waals surface area contributed by atoms with Crippen LogP contribution in [0.3, 0.4) is 0 Å². The molecule has 0 aromatic rings. The molecule has 4 aliphatic carbocycles. The zero-order valence-corrected chi connectivity index (χ0v) is 12.0. The highest BCUT2D eigenvalue weighted by Crippen LogP contribution is 2.57. The molecule has 4 rings (SSSR count). The summed E-state index contributed by atoms with van der Waals surface area (Å²) in [5, 5.41) is 8.68. The highest BCUT2D eigenvalue weighted by atomic mass is 16.2. The van der Waals surface area contributed by atoms with Gasteiger partial charge in [-0.15, -0.1) is 0 Å². The molecule has 1 amide bonds. The van der Waals surface area contributed by atoms with Gasteiger partial charge >= 0.3 is 0 Å². The Morgan fingerprint density at radius 1 is 1.21 bits per heavy atom. The van der Waals surface area contributed by atoms with Gasteiger partial charge in [-0.2, -0.15) is 5.26 Å². The van der Waals surface area contributed by atoms with Gasteiger partial charge in [-0.25, -0.2) is 0 Å². The molecule has 19 heavy (non-hydrogen) atoms. The molecule has 0 radical (unpaired) electrons. The lowest BCUT2D eigenvalue weighted by molar-refractivity contribution is -0.136. The van der Waals surface area contributed by atoms with E-state index in [-0.39, 0.29) is 12.3 Å². The Morgan fingerprint density at radius 2 is 1.74 bits per heavy atom. The van der Waals surface area contributed by atoms with E-state index < -0.39 is 0 Å². The summed E-state index contributed by atoms with van der Waals surface area (Å²) < 4.78 is 0. The second kappa shape index (κ2) is 4.81. The maximum absolute atomic E-state index is 11.9. The lowest BCUT2D eigenvalue weighted by Crippen LogP contribution is -2.53. The van der Waals surface area contributed by atoms with Crippen LogP contribution in [0.15, 0.2) is 0 Å². The minimum Gasteiger partial charge on any atom is -0.342 e. The predicted octanol–water partition coefficient (Wildman–Crippen LogP) is 2.82. The Hall–Kier alpha value is -1.04. The van der Waals surface area contributed by atoms with E-state index in [1.807, 2.05) is 18.0 Å². The molecule has 4 fully saturated rings. The summed E-state index contributed by atoms with van der Waals surface area (Å²) >= 11 is 0. The first-order valence-corrected chi connectivity index (χ1v) is 7.72. The highest BCUT2D eigenvalue weighted by Gasteiger charge is 2.50. The topological polar surface area (TPSA) is 44.1 Å². The molecule has 4 aliphatic rings. The van der Waals surface area contributed by atoms with E-state index in [4.69, 9.17) is 5.26 Å². The van der Waals surface area contributed by atoms with Crippen molar-refractivity contribution in [3.05, 3.63) is 0 Å². The standard InChI is InChI=1S/C16H24N2O/c1-10(18(2)15(19)3-4-17)16-13-6-11-5-12(8-13)9-14(16)7-11/h10-14,16H,3,5-9H2,1-2H3. The molecule has 0 saturated heterocycles. The van der Waals surface area contributed by atoms with Crippen LogP contribution < -0.4 is 0 Å². The number of nitrogens with zero attached hydrogens (tertiary/aromatic N) is 2. The van der Waals surface area contributed by atoms with Crippen LogP contribution in [0.1, 0.15) is 45.4 Å². The van der Waals surface area contributed by atoms with E-state index in [1.165, 1.54) is 32.1 Å². The van der Waals surface area contributed by atoms with Crippen molar-refractivity contribution in [2.45, 2.75) is 51.5 Å². The fraction of sp³-hybridized carbons (Fsp3) is 0.875. The molecule has 4 bridgehead atoms. The zero-order chi connectivity index (χ0) is 13.6. The maximum Gasteiger partial charge on any atom is 0.236 e. The van der Waals surface area contributed by atoms with Crippen LogP contribution in [0.25, 0.3) is 0 Å². The summed E-state index contributed by atoms with van der Waals surface area (Å²) in [6.07, 6.45) is 7.06. The normalized spacial score (nSPS) is 40.8. The smallest absolute Gasteiger partial charge is 0.236 e. The molecule has 0 heterocycles. The second-order valence-electron chi connectivity index (χ2n) is 7.09. The van der Waals surface area contributed by atoms with Gasteiger partial charge in [-0.1, -0.05) is 0 Å². The summed E-state index contributed by atoms with van der Waals surface area (Å²) in [6.45, 7) is 2.20. The quantitative estimate of drug-likeness (QED) is 0.783. The van der Waals surface area contributed by atoms with E-state index >= 15 is 0 Å². The Bertz CT molecular complexity index is 383. The summed E-state index contributed by atoms with van der Waals surface area (Å²) in [5.74, 6) is 4.30. The van der Waals surface area contributed by atoms with Crippen LogP contribution in [0.5, 0.6) is 0 Å². The lowest BCUT2D eigenvalue weighted by Gasteiger charge is -2.57. The first kappa shape index (κ1) is 13.0. The third-order valence-electron chi connectivity index (χ3n) is 6.09. The molecule has 3 nitrogen and oxygen atoms in total. The monoisotopic (exact) mass is 260 g/mol. The fourth-order valence-electron chi connectivity index (χ4n) is 5.43. The van der Waals surface area contributed by atoms with Crippen LogP contribution in [0, 0.1) is 40.9 Å². The van der Waals surface area contributed by atoms with Crippen LogP contribution >= 0.6 is 0 Å². The molecule has 0 spiro atoms. The van der Waals surface area contributed by atoms with E-state index in [9.17, 15) is 4.79 Å². The molecule has 0 aliphatic heterocycles. The van der Waals surface area contributed by atoms with Crippen molar-refractivity contribution in [1.82, 2.24) is 4.90 Å². The van der Waals surface area contributed by atoms with Gasteiger partial charge in [-0.3, -0.25) is 4.79 Å². The number of hydrogen-bond acceptors (Lipinski definition) is 2. The third kappa shape index (κ3) is 2.16. The van der Waals surface area contributed by atoms with Crippen LogP contribution in [0.2, 0.25) is 0 Å². The summed E-state index contributed by atoms with van der Waals surface area (Å²) in [7, 11) is 1.88. The van der Waals surface area contributed by atoms with Gasteiger partial charge < -0.3 is 4.90 Å². The molecule has 1 atom stereocenters. The van der Waals surface area contributed by atoms with Gasteiger partial charge in [0.25, 0.3) is 0 Å².